The van der Waals surface area contributed by atoms with Gasteiger partial charge in [0, 0.05) is 13.1 Å². The van der Waals surface area contributed by atoms with E-state index in [-0.39, 0.29) is 5.92 Å². The number of rotatable bonds is 7. The second kappa shape index (κ2) is 6.11. The fourth-order valence-corrected chi connectivity index (χ4v) is 2.07. The molecular formula is C12H23NO2. The summed E-state index contributed by atoms with van der Waals surface area (Å²) >= 11 is 0. The number of aliphatic carboxylic acids is 1. The Labute approximate surface area is 92.5 Å². The minimum absolute atomic E-state index is 0.170. The third kappa shape index (κ3) is 3.82. The van der Waals surface area contributed by atoms with Crippen molar-refractivity contribution in [2.24, 2.45) is 11.8 Å². The molecule has 3 heteroatoms. The smallest absolute Gasteiger partial charge is 0.306 e. The van der Waals surface area contributed by atoms with Crippen LogP contribution in [0.1, 0.15) is 39.5 Å². The van der Waals surface area contributed by atoms with Crippen LogP contribution in [0.2, 0.25) is 0 Å². The number of carbonyl (C=O) groups is 1. The second-order valence-electron chi connectivity index (χ2n) is 4.71. The Morgan fingerprint density at radius 1 is 1.40 bits per heavy atom. The summed E-state index contributed by atoms with van der Waals surface area (Å²) in [5.74, 6) is -0.434. The van der Waals surface area contributed by atoms with E-state index >= 15 is 0 Å². The lowest BCUT2D eigenvalue weighted by Gasteiger charge is -2.41. The van der Waals surface area contributed by atoms with Crippen molar-refractivity contribution in [2.75, 3.05) is 19.6 Å². The molecule has 1 atom stereocenters. The number of nitrogens with zero attached hydrogens (tertiary/aromatic N) is 1. The Morgan fingerprint density at radius 3 is 2.60 bits per heavy atom. The maximum atomic E-state index is 10.7. The van der Waals surface area contributed by atoms with Gasteiger partial charge in [0.25, 0.3) is 0 Å². The number of likely N-dealkylation sites (tertiary alicyclic amines) is 1. The van der Waals surface area contributed by atoms with E-state index in [2.05, 4.69) is 11.8 Å². The Balaban J connectivity index is 2.02. The van der Waals surface area contributed by atoms with E-state index in [1.807, 2.05) is 6.92 Å². The normalized spacial score (nSPS) is 19.9. The van der Waals surface area contributed by atoms with Crippen LogP contribution >= 0.6 is 0 Å². The van der Waals surface area contributed by atoms with Gasteiger partial charge in [0.1, 0.15) is 0 Å². The molecule has 0 amide bonds. The van der Waals surface area contributed by atoms with Crippen LogP contribution in [-0.4, -0.2) is 35.6 Å². The van der Waals surface area contributed by atoms with Crippen molar-refractivity contribution in [3.63, 3.8) is 0 Å². The molecule has 1 rings (SSSR count). The van der Waals surface area contributed by atoms with Gasteiger partial charge in [-0.2, -0.15) is 0 Å². The van der Waals surface area contributed by atoms with Crippen molar-refractivity contribution in [1.82, 2.24) is 4.90 Å². The standard InChI is InChI=1S/C12H23NO2/c1-3-4-5-6-7-13-8-11(9-13)10(2)12(14)15/h10-11H,3-9H2,1-2H3,(H,14,15). The Hall–Kier alpha value is -0.570. The highest BCUT2D eigenvalue weighted by molar-refractivity contribution is 5.70. The van der Waals surface area contributed by atoms with Crippen LogP contribution in [0.25, 0.3) is 0 Å². The molecule has 0 radical (unpaired) electrons. The summed E-state index contributed by atoms with van der Waals surface area (Å²) in [7, 11) is 0. The third-order valence-electron chi connectivity index (χ3n) is 3.41. The van der Waals surface area contributed by atoms with Gasteiger partial charge in [-0.1, -0.05) is 33.1 Å². The van der Waals surface area contributed by atoms with Crippen LogP contribution in [0, 0.1) is 11.8 Å². The number of carboxylic acid groups (broad SMARTS) is 1. The number of unbranched alkanes of at least 4 members (excludes halogenated alkanes) is 3. The Bertz CT molecular complexity index is 200. The van der Waals surface area contributed by atoms with E-state index in [0.717, 1.165) is 19.6 Å². The molecule has 1 saturated heterocycles. The van der Waals surface area contributed by atoms with Crippen LogP contribution < -0.4 is 0 Å². The zero-order chi connectivity index (χ0) is 11.3. The van der Waals surface area contributed by atoms with E-state index in [0.29, 0.717) is 5.92 Å². The van der Waals surface area contributed by atoms with Gasteiger partial charge in [0.05, 0.1) is 5.92 Å². The van der Waals surface area contributed by atoms with E-state index in [1.165, 1.54) is 25.7 Å². The molecule has 0 bridgehead atoms. The van der Waals surface area contributed by atoms with Gasteiger partial charge in [-0.15, -0.1) is 0 Å². The third-order valence-corrected chi connectivity index (χ3v) is 3.41. The van der Waals surface area contributed by atoms with Gasteiger partial charge in [-0.3, -0.25) is 4.79 Å². The average Bonchev–Trinajstić information content (AvgIpc) is 2.13. The van der Waals surface area contributed by atoms with E-state index in [9.17, 15) is 4.79 Å². The van der Waals surface area contributed by atoms with Gasteiger partial charge >= 0.3 is 5.97 Å². The summed E-state index contributed by atoms with van der Waals surface area (Å²) < 4.78 is 0. The zero-order valence-corrected chi connectivity index (χ0v) is 9.91. The highest BCUT2D eigenvalue weighted by Gasteiger charge is 2.33. The van der Waals surface area contributed by atoms with Crippen LogP contribution in [0.4, 0.5) is 0 Å². The lowest BCUT2D eigenvalue weighted by atomic mass is 9.87. The fourth-order valence-electron chi connectivity index (χ4n) is 2.07. The number of hydrogen-bond donors (Lipinski definition) is 1. The summed E-state index contributed by atoms with van der Waals surface area (Å²) in [5, 5.41) is 8.83. The van der Waals surface area contributed by atoms with Gasteiger partial charge < -0.3 is 10.0 Å². The van der Waals surface area contributed by atoms with Crippen molar-refractivity contribution < 1.29 is 9.90 Å². The summed E-state index contributed by atoms with van der Waals surface area (Å²) in [6.07, 6.45) is 5.18. The highest BCUT2D eigenvalue weighted by Crippen LogP contribution is 2.24. The molecule has 1 unspecified atom stereocenters. The first kappa shape index (κ1) is 12.5. The molecule has 3 nitrogen and oxygen atoms in total. The lowest BCUT2D eigenvalue weighted by molar-refractivity contribution is -0.145. The predicted molar refractivity (Wildman–Crippen MR) is 60.9 cm³/mol. The minimum Gasteiger partial charge on any atom is -0.481 e. The van der Waals surface area contributed by atoms with Gasteiger partial charge in [0.15, 0.2) is 0 Å². The molecule has 0 spiro atoms. The molecule has 1 aliphatic rings. The lowest BCUT2D eigenvalue weighted by Crippen LogP contribution is -2.51. The van der Waals surface area contributed by atoms with Crippen LogP contribution in [0.5, 0.6) is 0 Å². The number of hydrogen-bond acceptors (Lipinski definition) is 2. The molecule has 0 aromatic heterocycles. The van der Waals surface area contributed by atoms with Gasteiger partial charge in [0.2, 0.25) is 0 Å². The monoisotopic (exact) mass is 213 g/mol. The second-order valence-corrected chi connectivity index (χ2v) is 4.71. The largest absolute Gasteiger partial charge is 0.481 e. The number of carboxylic acids is 1. The van der Waals surface area contributed by atoms with Crippen molar-refractivity contribution in [3.8, 4) is 0 Å². The van der Waals surface area contributed by atoms with Crippen molar-refractivity contribution >= 4 is 5.97 Å². The summed E-state index contributed by atoms with van der Waals surface area (Å²) in [5.41, 5.74) is 0. The summed E-state index contributed by atoms with van der Waals surface area (Å²) in [6, 6.07) is 0. The maximum Gasteiger partial charge on any atom is 0.306 e. The van der Waals surface area contributed by atoms with Crippen molar-refractivity contribution in [2.45, 2.75) is 39.5 Å². The quantitative estimate of drug-likeness (QED) is 0.659. The average molecular weight is 213 g/mol. The van der Waals surface area contributed by atoms with Crippen LogP contribution in [0.3, 0.4) is 0 Å². The summed E-state index contributed by atoms with van der Waals surface area (Å²) in [4.78, 5) is 13.1. The van der Waals surface area contributed by atoms with E-state index < -0.39 is 5.97 Å². The molecule has 0 saturated carbocycles. The molecule has 1 fully saturated rings. The fraction of sp³-hybridized carbons (Fsp3) is 0.917. The minimum atomic E-state index is -0.648. The summed E-state index contributed by atoms with van der Waals surface area (Å²) in [6.45, 7) is 7.16. The van der Waals surface area contributed by atoms with Crippen LogP contribution in [0.15, 0.2) is 0 Å². The molecule has 1 N–H and O–H groups in total. The maximum absolute atomic E-state index is 10.7. The van der Waals surface area contributed by atoms with Crippen molar-refractivity contribution in [1.29, 1.82) is 0 Å². The first-order valence-electron chi connectivity index (χ1n) is 6.10. The van der Waals surface area contributed by atoms with Crippen molar-refractivity contribution in [3.05, 3.63) is 0 Å². The predicted octanol–water partition coefficient (Wildman–Crippen LogP) is 2.22. The van der Waals surface area contributed by atoms with Crippen LogP contribution in [-0.2, 0) is 4.79 Å². The molecule has 15 heavy (non-hydrogen) atoms. The first-order chi connectivity index (χ1) is 7.15. The highest BCUT2D eigenvalue weighted by atomic mass is 16.4. The molecule has 1 heterocycles. The molecule has 0 aromatic carbocycles. The SMILES string of the molecule is CCCCCCN1CC(C(C)C(=O)O)C1. The molecule has 88 valence electrons. The molecule has 0 aromatic rings. The molecule has 1 aliphatic heterocycles. The van der Waals surface area contributed by atoms with E-state index in [4.69, 9.17) is 5.11 Å². The molecule has 0 aliphatic carbocycles. The van der Waals surface area contributed by atoms with Gasteiger partial charge in [-0.05, 0) is 18.9 Å². The van der Waals surface area contributed by atoms with Gasteiger partial charge in [-0.25, -0.2) is 0 Å². The van der Waals surface area contributed by atoms with E-state index in [1.54, 1.807) is 0 Å². The zero-order valence-electron chi connectivity index (χ0n) is 9.91. The molecular weight excluding hydrogens is 190 g/mol. The Kier molecular flexibility index (Phi) is 5.09. The first-order valence-corrected chi connectivity index (χ1v) is 6.10. The Morgan fingerprint density at radius 2 is 2.07 bits per heavy atom. The topological polar surface area (TPSA) is 40.5 Å².